The van der Waals surface area contributed by atoms with Gasteiger partial charge in [0.05, 0.1) is 29.6 Å². The topological polar surface area (TPSA) is 45.1 Å². The number of carbonyl (C=O) groups excluding carboxylic acids is 1. The van der Waals surface area contributed by atoms with E-state index in [0.29, 0.717) is 41.2 Å². The lowest BCUT2D eigenvalue weighted by molar-refractivity contribution is -0.143. The maximum absolute atomic E-state index is 13.4. The number of aliphatic imine (C=N–C) groups is 1. The zero-order valence-electron chi connectivity index (χ0n) is 20.2. The van der Waals surface area contributed by atoms with E-state index >= 15 is 0 Å². The predicted molar refractivity (Wildman–Crippen MR) is 129 cm³/mol. The summed E-state index contributed by atoms with van der Waals surface area (Å²) in [6, 6.07) is 5.89. The summed E-state index contributed by atoms with van der Waals surface area (Å²) in [6.45, 7) is 6.82. The number of benzene rings is 2. The number of halogens is 7. The first-order valence-electron chi connectivity index (χ1n) is 11.4. The van der Waals surface area contributed by atoms with Gasteiger partial charge >= 0.3 is 18.4 Å². The molecule has 0 saturated heterocycles. The zero-order chi connectivity index (χ0) is 27.5. The van der Waals surface area contributed by atoms with Crippen LogP contribution in [-0.4, -0.2) is 37.0 Å². The molecule has 202 valence electrons. The van der Waals surface area contributed by atoms with Gasteiger partial charge in [-0.1, -0.05) is 17.7 Å². The van der Waals surface area contributed by atoms with Gasteiger partial charge in [-0.2, -0.15) is 26.3 Å². The molecule has 37 heavy (non-hydrogen) atoms. The molecule has 0 spiro atoms. The minimum atomic E-state index is -4.96. The molecule has 1 aliphatic rings. The number of anilines is 1. The molecular formula is C25H26ClF6N3O2. The fraction of sp³-hybridized carbons (Fsp3) is 0.440. The standard InChI is InChI=1S/C25H26ClF6N3O2/c1-15(2)37-23(36)35-8-4-5-21(20-7-6-19(26)12-22(20)35)34(14-33-3)13-16-9-17(24(27,28)29)11-18(10-16)25(30,31)32/h6-7,9-12,15,21H,3-5,8,13-14H2,1-2H3. The van der Waals surface area contributed by atoms with Crippen LogP contribution < -0.4 is 4.90 Å². The molecule has 3 rings (SSSR count). The third-order valence-electron chi connectivity index (χ3n) is 5.81. The number of alkyl halides is 6. The van der Waals surface area contributed by atoms with Crippen LogP contribution in [0.4, 0.5) is 36.8 Å². The SMILES string of the molecule is C=NCN(Cc1cc(C(F)(F)F)cc(C(F)(F)F)c1)C1CCCN(C(=O)OC(C)C)c2cc(Cl)ccc21. The van der Waals surface area contributed by atoms with Crippen LogP contribution in [0.2, 0.25) is 5.02 Å². The molecule has 2 aromatic carbocycles. The van der Waals surface area contributed by atoms with Crippen molar-refractivity contribution in [3.05, 3.63) is 63.7 Å². The van der Waals surface area contributed by atoms with Gasteiger partial charge in [-0.25, -0.2) is 4.79 Å². The van der Waals surface area contributed by atoms with Crippen LogP contribution >= 0.6 is 11.6 Å². The summed E-state index contributed by atoms with van der Waals surface area (Å²) < 4.78 is 85.8. The molecule has 0 saturated carbocycles. The van der Waals surface area contributed by atoms with Crippen molar-refractivity contribution in [1.82, 2.24) is 4.90 Å². The largest absolute Gasteiger partial charge is 0.446 e. The Morgan fingerprint density at radius 3 is 2.30 bits per heavy atom. The van der Waals surface area contributed by atoms with Gasteiger partial charge in [-0.05, 0) is 74.9 Å². The molecule has 0 radical (unpaired) electrons. The van der Waals surface area contributed by atoms with E-state index in [1.54, 1.807) is 36.9 Å². The number of carbonyl (C=O) groups is 1. The normalized spacial score (nSPS) is 16.5. The first kappa shape index (κ1) is 28.8. The third kappa shape index (κ3) is 7.16. The van der Waals surface area contributed by atoms with E-state index in [1.165, 1.54) is 4.90 Å². The van der Waals surface area contributed by atoms with E-state index in [-0.39, 0.29) is 37.5 Å². The fourth-order valence-corrected chi connectivity index (χ4v) is 4.48. The summed E-state index contributed by atoms with van der Waals surface area (Å²) in [4.78, 5) is 19.7. The third-order valence-corrected chi connectivity index (χ3v) is 6.05. The molecule has 0 N–H and O–H groups in total. The summed E-state index contributed by atoms with van der Waals surface area (Å²) in [5.74, 6) is 0. The summed E-state index contributed by atoms with van der Waals surface area (Å²) in [5, 5.41) is 0.350. The highest BCUT2D eigenvalue weighted by atomic mass is 35.5. The van der Waals surface area contributed by atoms with Gasteiger partial charge in [0, 0.05) is 24.2 Å². The zero-order valence-corrected chi connectivity index (χ0v) is 20.9. The van der Waals surface area contributed by atoms with Gasteiger partial charge in [0.15, 0.2) is 0 Å². The molecule has 1 amide bonds. The van der Waals surface area contributed by atoms with Crippen LogP contribution in [0.25, 0.3) is 0 Å². The maximum atomic E-state index is 13.4. The van der Waals surface area contributed by atoms with Crippen molar-refractivity contribution >= 4 is 30.1 Å². The van der Waals surface area contributed by atoms with Crippen LogP contribution in [0.3, 0.4) is 0 Å². The highest BCUT2D eigenvalue weighted by Crippen LogP contribution is 2.41. The predicted octanol–water partition coefficient (Wildman–Crippen LogP) is 7.72. The lowest BCUT2D eigenvalue weighted by Gasteiger charge is -2.32. The van der Waals surface area contributed by atoms with E-state index in [2.05, 4.69) is 11.7 Å². The van der Waals surface area contributed by atoms with Gasteiger partial charge in [-0.15, -0.1) is 0 Å². The molecule has 2 aromatic rings. The Bertz CT molecular complexity index is 1100. The Hall–Kier alpha value is -2.79. The fourth-order valence-electron chi connectivity index (χ4n) is 4.32. The summed E-state index contributed by atoms with van der Waals surface area (Å²) in [7, 11) is 0. The Balaban J connectivity index is 2.05. The van der Waals surface area contributed by atoms with Gasteiger partial charge < -0.3 is 4.74 Å². The molecule has 0 fully saturated rings. The van der Waals surface area contributed by atoms with Crippen LogP contribution in [-0.2, 0) is 23.6 Å². The van der Waals surface area contributed by atoms with Crippen molar-refractivity contribution in [3.8, 4) is 0 Å². The molecule has 1 heterocycles. The molecule has 1 aliphatic heterocycles. The van der Waals surface area contributed by atoms with Crippen molar-refractivity contribution in [2.45, 2.75) is 57.7 Å². The second kappa shape index (κ2) is 11.3. The van der Waals surface area contributed by atoms with Crippen molar-refractivity contribution < 1.29 is 35.9 Å². The van der Waals surface area contributed by atoms with Crippen LogP contribution in [0.5, 0.6) is 0 Å². The van der Waals surface area contributed by atoms with E-state index in [9.17, 15) is 31.1 Å². The molecule has 5 nitrogen and oxygen atoms in total. The summed E-state index contributed by atoms with van der Waals surface area (Å²) >= 11 is 6.21. The molecule has 0 bridgehead atoms. The maximum Gasteiger partial charge on any atom is 0.416 e. The highest BCUT2D eigenvalue weighted by molar-refractivity contribution is 6.31. The van der Waals surface area contributed by atoms with Gasteiger partial charge in [0.2, 0.25) is 0 Å². The number of rotatable bonds is 6. The lowest BCUT2D eigenvalue weighted by atomic mass is 9.98. The van der Waals surface area contributed by atoms with E-state index in [4.69, 9.17) is 16.3 Å². The first-order valence-corrected chi connectivity index (χ1v) is 11.8. The van der Waals surface area contributed by atoms with Crippen molar-refractivity contribution in [2.75, 3.05) is 18.1 Å². The first-order chi connectivity index (χ1) is 17.2. The van der Waals surface area contributed by atoms with Gasteiger partial charge in [0.1, 0.15) is 0 Å². The molecular weight excluding hydrogens is 524 g/mol. The average Bonchev–Trinajstić information content (AvgIpc) is 2.96. The summed E-state index contributed by atoms with van der Waals surface area (Å²) in [5.41, 5.74) is -1.88. The number of fused-ring (bicyclic) bond motifs is 1. The second-order valence-electron chi connectivity index (χ2n) is 8.97. The lowest BCUT2D eigenvalue weighted by Crippen LogP contribution is -2.34. The Labute approximate surface area is 215 Å². The van der Waals surface area contributed by atoms with E-state index in [0.717, 1.165) is 0 Å². The number of hydrogen-bond donors (Lipinski definition) is 0. The smallest absolute Gasteiger partial charge is 0.416 e. The Morgan fingerprint density at radius 2 is 1.76 bits per heavy atom. The van der Waals surface area contributed by atoms with Crippen LogP contribution in [0.15, 0.2) is 41.4 Å². The van der Waals surface area contributed by atoms with Crippen molar-refractivity contribution in [1.29, 1.82) is 0 Å². The quantitative estimate of drug-likeness (QED) is 0.274. The number of hydrogen-bond acceptors (Lipinski definition) is 4. The Morgan fingerprint density at radius 1 is 1.14 bits per heavy atom. The minimum Gasteiger partial charge on any atom is -0.446 e. The van der Waals surface area contributed by atoms with E-state index < -0.39 is 35.6 Å². The van der Waals surface area contributed by atoms with Crippen LogP contribution in [0, 0.1) is 0 Å². The number of amides is 1. The van der Waals surface area contributed by atoms with Crippen molar-refractivity contribution in [2.24, 2.45) is 4.99 Å². The summed E-state index contributed by atoms with van der Waals surface area (Å²) in [6.07, 6.45) is -9.95. The average molecular weight is 550 g/mol. The molecule has 1 atom stereocenters. The van der Waals surface area contributed by atoms with Crippen LogP contribution in [0.1, 0.15) is 55.0 Å². The second-order valence-corrected chi connectivity index (χ2v) is 9.41. The molecule has 1 unspecified atom stereocenters. The van der Waals surface area contributed by atoms with E-state index in [1.807, 2.05) is 0 Å². The van der Waals surface area contributed by atoms with Gasteiger partial charge in [-0.3, -0.25) is 14.8 Å². The molecule has 0 aromatic heterocycles. The monoisotopic (exact) mass is 549 g/mol. The molecule has 0 aliphatic carbocycles. The van der Waals surface area contributed by atoms with Crippen molar-refractivity contribution in [3.63, 3.8) is 0 Å². The number of nitrogens with zero attached hydrogens (tertiary/aromatic N) is 3. The number of ether oxygens (including phenoxy) is 1. The van der Waals surface area contributed by atoms with Gasteiger partial charge in [0.25, 0.3) is 0 Å². The highest BCUT2D eigenvalue weighted by Gasteiger charge is 2.37. The Kier molecular flexibility index (Phi) is 8.79. The molecule has 12 heteroatoms. The minimum absolute atomic E-state index is 0.0687.